The molecule has 0 amide bonds. The summed E-state index contributed by atoms with van der Waals surface area (Å²) in [6, 6.07) is 17.2. The number of fused-ring (bicyclic) bond motifs is 4. The first-order valence-corrected chi connectivity index (χ1v) is 10.6. The zero-order valence-electron chi connectivity index (χ0n) is 16.7. The van der Waals surface area contributed by atoms with E-state index in [1.165, 1.54) is 0 Å². The van der Waals surface area contributed by atoms with Crippen molar-refractivity contribution in [3.8, 4) is 5.75 Å². The fourth-order valence-electron chi connectivity index (χ4n) is 4.01. The van der Waals surface area contributed by atoms with Crippen molar-refractivity contribution in [2.24, 2.45) is 0 Å². The molecule has 0 radical (unpaired) electrons. The number of rotatable bonds is 3. The van der Waals surface area contributed by atoms with Crippen LogP contribution in [-0.2, 0) is 13.0 Å². The normalized spacial score (nSPS) is 14.3. The quantitative estimate of drug-likeness (QED) is 0.427. The van der Waals surface area contributed by atoms with E-state index in [2.05, 4.69) is 11.9 Å². The van der Waals surface area contributed by atoms with Crippen LogP contribution in [0.25, 0.3) is 21.5 Å². The molecule has 1 N–H and O–H groups in total. The van der Waals surface area contributed by atoms with Gasteiger partial charge in [0.25, 0.3) is 5.56 Å². The van der Waals surface area contributed by atoms with Gasteiger partial charge in [0.15, 0.2) is 0 Å². The summed E-state index contributed by atoms with van der Waals surface area (Å²) < 4.78 is 7.51. The van der Waals surface area contributed by atoms with E-state index in [9.17, 15) is 9.90 Å². The van der Waals surface area contributed by atoms with Gasteiger partial charge in [-0.05, 0) is 35.7 Å². The van der Waals surface area contributed by atoms with Crippen LogP contribution in [0.5, 0.6) is 5.75 Å². The first-order valence-electron chi connectivity index (χ1n) is 9.81. The maximum atomic E-state index is 12.9. The van der Waals surface area contributed by atoms with Gasteiger partial charge in [0.2, 0.25) is 0 Å². The summed E-state index contributed by atoms with van der Waals surface area (Å²) in [5.41, 5.74) is 2.79. The highest BCUT2D eigenvalue weighted by Crippen LogP contribution is 2.39. The lowest BCUT2D eigenvalue weighted by Crippen LogP contribution is -2.23. The zero-order chi connectivity index (χ0) is 20.8. The molecule has 0 spiro atoms. The van der Waals surface area contributed by atoms with E-state index in [0.717, 1.165) is 27.3 Å². The zero-order valence-corrected chi connectivity index (χ0v) is 17.5. The Kier molecular flexibility index (Phi) is 4.44. The molecule has 0 bridgehead atoms. The molecule has 5 rings (SSSR count). The Hall–Kier alpha value is -3.38. The number of methoxy groups -OCH3 is 1. The molecule has 2 aromatic heterocycles. The Labute approximate surface area is 177 Å². The average Bonchev–Trinajstić information content (AvgIpc) is 3.23. The molecule has 1 aliphatic heterocycles. The standard InChI is InChI=1S/C24H20N2O3S/c1-3-15-12-18-23(28)25-22-20(21(27)17-10-6-7-11-19(17)29-2)16-9-5-4-8-14(16)13-26(22)24(18)30-15/h4-12,27H,3,13H2,1-2H3/b21-20-. The molecule has 0 saturated carbocycles. The predicted molar refractivity (Wildman–Crippen MR) is 120 cm³/mol. The summed E-state index contributed by atoms with van der Waals surface area (Å²) >= 11 is 1.61. The number of nitrogens with zero attached hydrogens (tertiary/aromatic N) is 2. The van der Waals surface area contributed by atoms with Crippen LogP contribution in [0.3, 0.4) is 0 Å². The van der Waals surface area contributed by atoms with Gasteiger partial charge in [0, 0.05) is 4.88 Å². The van der Waals surface area contributed by atoms with E-state index in [-0.39, 0.29) is 11.3 Å². The van der Waals surface area contributed by atoms with Gasteiger partial charge >= 0.3 is 0 Å². The molecule has 0 unspecified atom stereocenters. The number of hydrogen-bond acceptors (Lipinski definition) is 5. The second kappa shape index (κ2) is 7.15. The average molecular weight is 417 g/mol. The summed E-state index contributed by atoms with van der Waals surface area (Å²) in [5.74, 6) is 1.09. The summed E-state index contributed by atoms with van der Waals surface area (Å²) in [6.45, 7) is 2.68. The van der Waals surface area contributed by atoms with E-state index in [0.29, 0.717) is 34.6 Å². The van der Waals surface area contributed by atoms with E-state index in [4.69, 9.17) is 4.74 Å². The molecule has 0 aliphatic carbocycles. The first-order chi connectivity index (χ1) is 14.6. The van der Waals surface area contributed by atoms with Crippen molar-refractivity contribution in [1.82, 2.24) is 9.55 Å². The lowest BCUT2D eigenvalue weighted by atomic mass is 9.92. The third-order valence-corrected chi connectivity index (χ3v) is 6.79. The van der Waals surface area contributed by atoms with Crippen LogP contribution < -0.4 is 10.3 Å². The summed E-state index contributed by atoms with van der Waals surface area (Å²) in [7, 11) is 1.57. The summed E-state index contributed by atoms with van der Waals surface area (Å²) in [4.78, 5) is 19.3. The molecule has 0 atom stereocenters. The SMILES string of the molecule is CCc1cc2c(=O)nc3n(c2s1)Cc1ccccc1/C3=C(/O)c1ccccc1OC. The molecule has 150 valence electrons. The third kappa shape index (κ3) is 2.75. The topological polar surface area (TPSA) is 64.4 Å². The lowest BCUT2D eigenvalue weighted by molar-refractivity contribution is 0.408. The van der Waals surface area contributed by atoms with Gasteiger partial charge in [0.05, 0.1) is 30.2 Å². The van der Waals surface area contributed by atoms with Crippen LogP contribution >= 0.6 is 11.3 Å². The van der Waals surface area contributed by atoms with Gasteiger partial charge in [-0.25, -0.2) is 0 Å². The Bertz CT molecular complexity index is 1380. The third-order valence-electron chi connectivity index (χ3n) is 5.49. The van der Waals surface area contributed by atoms with Crippen molar-refractivity contribution in [3.63, 3.8) is 0 Å². The number of thiophene rings is 1. The fraction of sp³-hybridized carbons (Fsp3) is 0.167. The van der Waals surface area contributed by atoms with Gasteiger partial charge in [-0.2, -0.15) is 4.98 Å². The Balaban J connectivity index is 1.89. The molecule has 30 heavy (non-hydrogen) atoms. The van der Waals surface area contributed by atoms with Crippen molar-refractivity contribution < 1.29 is 9.84 Å². The van der Waals surface area contributed by atoms with Gasteiger partial charge in [-0.1, -0.05) is 43.3 Å². The minimum atomic E-state index is -0.267. The van der Waals surface area contributed by atoms with Crippen molar-refractivity contribution in [3.05, 3.63) is 92.3 Å². The molecule has 0 saturated heterocycles. The largest absolute Gasteiger partial charge is 0.506 e. The molecule has 6 heteroatoms. The van der Waals surface area contributed by atoms with Gasteiger partial charge in [-0.15, -0.1) is 11.3 Å². The molecular formula is C24H20N2O3S. The number of aliphatic hydroxyl groups is 1. The number of ether oxygens (including phenoxy) is 1. The molecular weight excluding hydrogens is 396 g/mol. The Morgan fingerprint density at radius 3 is 2.77 bits per heavy atom. The number of para-hydroxylation sites is 1. The molecule has 5 nitrogen and oxygen atoms in total. The Morgan fingerprint density at radius 1 is 1.20 bits per heavy atom. The number of aliphatic hydroxyl groups excluding tert-OH is 1. The smallest absolute Gasteiger partial charge is 0.281 e. The van der Waals surface area contributed by atoms with Gasteiger partial charge < -0.3 is 14.4 Å². The van der Waals surface area contributed by atoms with E-state index in [1.807, 2.05) is 47.0 Å². The van der Waals surface area contributed by atoms with Crippen molar-refractivity contribution in [2.75, 3.05) is 7.11 Å². The van der Waals surface area contributed by atoms with E-state index < -0.39 is 0 Å². The first kappa shape index (κ1) is 18.6. The number of benzene rings is 2. The van der Waals surface area contributed by atoms with Crippen LogP contribution in [0.1, 0.15) is 34.3 Å². The van der Waals surface area contributed by atoms with Crippen molar-refractivity contribution >= 4 is 32.9 Å². The molecule has 0 fully saturated rings. The van der Waals surface area contributed by atoms with E-state index >= 15 is 0 Å². The highest BCUT2D eigenvalue weighted by molar-refractivity contribution is 7.18. The minimum absolute atomic E-state index is 0.0480. The van der Waals surface area contributed by atoms with Crippen molar-refractivity contribution in [2.45, 2.75) is 19.9 Å². The number of aryl methyl sites for hydroxylation is 1. The molecule has 1 aliphatic rings. The maximum Gasteiger partial charge on any atom is 0.281 e. The predicted octanol–water partition coefficient (Wildman–Crippen LogP) is 4.87. The van der Waals surface area contributed by atoms with E-state index in [1.54, 1.807) is 30.6 Å². The van der Waals surface area contributed by atoms with Gasteiger partial charge in [-0.3, -0.25) is 4.79 Å². The fourth-order valence-corrected chi connectivity index (χ4v) is 5.10. The lowest BCUT2D eigenvalue weighted by Gasteiger charge is -2.25. The highest BCUT2D eigenvalue weighted by atomic mass is 32.1. The summed E-state index contributed by atoms with van der Waals surface area (Å²) in [5, 5.41) is 12.0. The molecule has 2 aromatic carbocycles. The monoisotopic (exact) mass is 416 g/mol. The maximum absolute atomic E-state index is 12.9. The van der Waals surface area contributed by atoms with Crippen molar-refractivity contribution in [1.29, 1.82) is 0 Å². The second-order valence-electron chi connectivity index (χ2n) is 7.19. The van der Waals surface area contributed by atoms with Crippen LogP contribution in [-0.4, -0.2) is 21.8 Å². The summed E-state index contributed by atoms with van der Waals surface area (Å²) in [6.07, 6.45) is 0.861. The van der Waals surface area contributed by atoms with Crippen LogP contribution in [0, 0.1) is 0 Å². The highest BCUT2D eigenvalue weighted by Gasteiger charge is 2.28. The number of hydrogen-bond donors (Lipinski definition) is 1. The second-order valence-corrected chi connectivity index (χ2v) is 8.31. The van der Waals surface area contributed by atoms with Crippen LogP contribution in [0.15, 0.2) is 59.4 Å². The molecule has 4 aromatic rings. The molecule has 3 heterocycles. The minimum Gasteiger partial charge on any atom is -0.506 e. The van der Waals surface area contributed by atoms with Gasteiger partial charge in [0.1, 0.15) is 22.2 Å². The Morgan fingerprint density at radius 2 is 1.97 bits per heavy atom. The van der Waals surface area contributed by atoms with Crippen LogP contribution in [0.2, 0.25) is 0 Å². The number of aromatic nitrogens is 2. The van der Waals surface area contributed by atoms with Crippen LogP contribution in [0.4, 0.5) is 0 Å².